The van der Waals surface area contributed by atoms with Crippen LogP contribution >= 0.6 is 11.3 Å². The van der Waals surface area contributed by atoms with Crippen LogP contribution in [0.3, 0.4) is 0 Å². The third kappa shape index (κ3) is 3.05. The minimum atomic E-state index is -0.535. The van der Waals surface area contributed by atoms with Gasteiger partial charge in [-0.05, 0) is 36.4 Å². The van der Waals surface area contributed by atoms with Gasteiger partial charge in [0.2, 0.25) is 0 Å². The predicted molar refractivity (Wildman–Crippen MR) is 96.2 cm³/mol. The summed E-state index contributed by atoms with van der Waals surface area (Å²) in [5.74, 6) is -0.273. The minimum absolute atomic E-state index is 0.0178. The Balaban J connectivity index is 1.48. The molecule has 0 radical (unpaired) electrons. The molecule has 0 bridgehead atoms. The fourth-order valence-electron chi connectivity index (χ4n) is 3.53. The molecule has 134 valence electrons. The number of rotatable bonds is 5. The molecule has 0 atom stereocenters. The summed E-state index contributed by atoms with van der Waals surface area (Å²) in [7, 11) is 0. The van der Waals surface area contributed by atoms with E-state index < -0.39 is 5.41 Å². The van der Waals surface area contributed by atoms with E-state index in [9.17, 15) is 9.18 Å². The maximum atomic E-state index is 13.8. The van der Waals surface area contributed by atoms with Crippen molar-refractivity contribution in [2.24, 2.45) is 0 Å². The highest BCUT2D eigenvalue weighted by Crippen LogP contribution is 2.44. The Morgan fingerprint density at radius 3 is 2.77 bits per heavy atom. The van der Waals surface area contributed by atoms with Gasteiger partial charge in [-0.15, -0.1) is 11.3 Å². The topological polar surface area (TPSA) is 52.3 Å². The summed E-state index contributed by atoms with van der Waals surface area (Å²) in [4.78, 5) is 13.9. The molecule has 1 aromatic carbocycles. The summed E-state index contributed by atoms with van der Waals surface area (Å²) in [6, 6.07) is 11.9. The lowest BCUT2D eigenvalue weighted by molar-refractivity contribution is -0.152. The molecule has 0 spiro atoms. The molecule has 26 heavy (non-hydrogen) atoms. The van der Waals surface area contributed by atoms with Gasteiger partial charge in [-0.2, -0.15) is 0 Å². The van der Waals surface area contributed by atoms with E-state index in [0.717, 1.165) is 30.6 Å². The zero-order valence-electron chi connectivity index (χ0n) is 14.1. The maximum Gasteiger partial charge on any atom is 0.317 e. The van der Waals surface area contributed by atoms with Crippen molar-refractivity contribution in [2.75, 3.05) is 0 Å². The second kappa shape index (κ2) is 7.03. The average Bonchev–Trinajstić information content (AvgIpc) is 3.41. The highest BCUT2D eigenvalue weighted by molar-refractivity contribution is 7.10. The molecular formula is C20H18FNO3S. The Morgan fingerprint density at radius 2 is 2.04 bits per heavy atom. The molecular weight excluding hydrogens is 353 g/mol. The summed E-state index contributed by atoms with van der Waals surface area (Å²) in [6.45, 7) is 0.0178. The zero-order chi connectivity index (χ0) is 18.0. The number of benzene rings is 1. The Morgan fingerprint density at radius 1 is 1.23 bits per heavy atom. The lowest BCUT2D eigenvalue weighted by Crippen LogP contribution is -2.33. The molecule has 0 aliphatic heterocycles. The Kier molecular flexibility index (Phi) is 4.59. The van der Waals surface area contributed by atoms with Crippen molar-refractivity contribution in [1.82, 2.24) is 5.16 Å². The van der Waals surface area contributed by atoms with Gasteiger partial charge in [0.15, 0.2) is 5.76 Å². The van der Waals surface area contributed by atoms with E-state index in [2.05, 4.69) is 5.16 Å². The SMILES string of the molecule is O=C(OCc1cc(-c2ccccc2F)on1)C1(c2cccs2)CCCC1. The standard InChI is InChI=1S/C20H18FNO3S/c21-16-7-2-1-6-15(16)17-12-14(22-25-17)13-24-19(23)20(9-3-4-10-20)18-8-5-11-26-18/h1-2,5-8,11-12H,3-4,9-10,13H2. The van der Waals surface area contributed by atoms with Gasteiger partial charge in [0.25, 0.3) is 0 Å². The Hall–Kier alpha value is -2.47. The normalized spacial score (nSPS) is 15.9. The molecule has 4 nitrogen and oxygen atoms in total. The summed E-state index contributed by atoms with van der Waals surface area (Å²) in [5, 5.41) is 5.89. The van der Waals surface area contributed by atoms with Crippen molar-refractivity contribution in [3.8, 4) is 11.3 Å². The third-order valence-corrected chi connectivity index (χ3v) is 5.96. The van der Waals surface area contributed by atoms with Gasteiger partial charge in [-0.25, -0.2) is 4.39 Å². The second-order valence-corrected chi connectivity index (χ2v) is 7.45. The number of hydrogen-bond acceptors (Lipinski definition) is 5. The zero-order valence-corrected chi connectivity index (χ0v) is 14.9. The van der Waals surface area contributed by atoms with Crippen molar-refractivity contribution in [3.05, 3.63) is 64.2 Å². The molecule has 1 fully saturated rings. The van der Waals surface area contributed by atoms with Gasteiger partial charge >= 0.3 is 5.97 Å². The molecule has 1 aliphatic carbocycles. The van der Waals surface area contributed by atoms with Crippen LogP contribution in [-0.4, -0.2) is 11.1 Å². The number of halogens is 1. The van der Waals surface area contributed by atoms with Gasteiger partial charge in [0, 0.05) is 10.9 Å². The first kappa shape index (κ1) is 17.0. The molecule has 0 amide bonds. The number of carbonyl (C=O) groups excluding carboxylic acids is 1. The number of esters is 1. The van der Waals surface area contributed by atoms with Crippen LogP contribution in [0, 0.1) is 5.82 Å². The van der Waals surface area contributed by atoms with Gasteiger partial charge in [0.1, 0.15) is 23.5 Å². The molecule has 2 aromatic heterocycles. The van der Waals surface area contributed by atoms with Crippen LogP contribution in [-0.2, 0) is 21.6 Å². The molecule has 0 N–H and O–H groups in total. The van der Waals surface area contributed by atoms with E-state index in [0.29, 0.717) is 17.0 Å². The number of hydrogen-bond donors (Lipinski definition) is 0. The number of nitrogens with zero attached hydrogens (tertiary/aromatic N) is 1. The highest BCUT2D eigenvalue weighted by Gasteiger charge is 2.45. The van der Waals surface area contributed by atoms with E-state index in [1.54, 1.807) is 35.6 Å². The Labute approximate surface area is 154 Å². The lowest BCUT2D eigenvalue weighted by atomic mass is 9.84. The van der Waals surface area contributed by atoms with Crippen molar-refractivity contribution < 1.29 is 18.4 Å². The van der Waals surface area contributed by atoms with Crippen LogP contribution in [0.4, 0.5) is 4.39 Å². The molecule has 0 unspecified atom stereocenters. The summed E-state index contributed by atoms with van der Waals surface area (Å²) < 4.78 is 24.6. The fourth-order valence-corrected chi connectivity index (χ4v) is 4.50. The van der Waals surface area contributed by atoms with Crippen LogP contribution in [0.2, 0.25) is 0 Å². The first-order valence-corrected chi connectivity index (χ1v) is 9.49. The molecule has 1 saturated carbocycles. The maximum absolute atomic E-state index is 13.8. The van der Waals surface area contributed by atoms with Crippen LogP contribution in [0.25, 0.3) is 11.3 Å². The van der Waals surface area contributed by atoms with Gasteiger partial charge < -0.3 is 9.26 Å². The van der Waals surface area contributed by atoms with Gasteiger partial charge in [-0.1, -0.05) is 36.2 Å². The average molecular weight is 371 g/mol. The van der Waals surface area contributed by atoms with E-state index in [1.165, 1.54) is 6.07 Å². The third-order valence-electron chi connectivity index (χ3n) is 4.89. The molecule has 2 heterocycles. The van der Waals surface area contributed by atoms with Crippen molar-refractivity contribution in [2.45, 2.75) is 37.7 Å². The van der Waals surface area contributed by atoms with E-state index in [4.69, 9.17) is 9.26 Å². The van der Waals surface area contributed by atoms with Gasteiger partial charge in [0.05, 0.1) is 5.56 Å². The molecule has 1 aliphatic rings. The largest absolute Gasteiger partial charge is 0.458 e. The van der Waals surface area contributed by atoms with Crippen LogP contribution in [0.15, 0.2) is 52.4 Å². The van der Waals surface area contributed by atoms with Crippen molar-refractivity contribution >= 4 is 17.3 Å². The van der Waals surface area contributed by atoms with E-state index in [-0.39, 0.29) is 18.4 Å². The monoisotopic (exact) mass is 371 g/mol. The number of carbonyl (C=O) groups is 1. The van der Waals surface area contributed by atoms with Crippen LogP contribution in [0.5, 0.6) is 0 Å². The fraction of sp³-hybridized carbons (Fsp3) is 0.300. The van der Waals surface area contributed by atoms with Crippen LogP contribution in [0.1, 0.15) is 36.3 Å². The molecule has 6 heteroatoms. The molecule has 3 aromatic rings. The minimum Gasteiger partial charge on any atom is -0.458 e. The molecule has 0 saturated heterocycles. The second-order valence-electron chi connectivity index (χ2n) is 6.50. The van der Waals surface area contributed by atoms with Crippen molar-refractivity contribution in [3.63, 3.8) is 0 Å². The quantitative estimate of drug-likeness (QED) is 0.586. The molecule has 4 rings (SSSR count). The first-order valence-electron chi connectivity index (χ1n) is 8.61. The first-order chi connectivity index (χ1) is 12.7. The summed E-state index contributed by atoms with van der Waals surface area (Å²) >= 11 is 1.60. The van der Waals surface area contributed by atoms with E-state index >= 15 is 0 Å². The van der Waals surface area contributed by atoms with Gasteiger partial charge in [-0.3, -0.25) is 4.79 Å². The Bertz CT molecular complexity index is 897. The number of aromatic nitrogens is 1. The van der Waals surface area contributed by atoms with E-state index in [1.807, 2.05) is 17.5 Å². The predicted octanol–water partition coefficient (Wildman–Crippen LogP) is 5.10. The summed E-state index contributed by atoms with van der Waals surface area (Å²) in [6.07, 6.45) is 3.67. The number of thiophene rings is 1. The number of ether oxygens (including phenoxy) is 1. The van der Waals surface area contributed by atoms with Crippen LogP contribution < -0.4 is 0 Å². The van der Waals surface area contributed by atoms with Crippen molar-refractivity contribution in [1.29, 1.82) is 0 Å². The highest BCUT2D eigenvalue weighted by atomic mass is 32.1. The lowest BCUT2D eigenvalue weighted by Gasteiger charge is -2.25. The smallest absolute Gasteiger partial charge is 0.317 e. The summed E-state index contributed by atoms with van der Waals surface area (Å²) in [5.41, 5.74) is 0.270.